The van der Waals surface area contributed by atoms with Crippen LogP contribution in [0.3, 0.4) is 0 Å². The molecule has 1 atom stereocenters. The first kappa shape index (κ1) is 66.7. The molecule has 4 aliphatic heterocycles. The summed E-state index contributed by atoms with van der Waals surface area (Å²) in [5, 5.41) is 25.4. The number of aromatic nitrogens is 7. The van der Waals surface area contributed by atoms with E-state index < -0.39 is 0 Å². The van der Waals surface area contributed by atoms with E-state index in [4.69, 9.17) is 0 Å². The third-order valence-electron chi connectivity index (χ3n) is 19.9. The van der Waals surface area contributed by atoms with E-state index in [2.05, 4.69) is 109 Å². The minimum atomic E-state index is -0.121. The Balaban J connectivity index is 0.000000122. The molecular formula is C82H78N18O5. The first-order valence-electron chi connectivity index (χ1n) is 35.4. The summed E-state index contributed by atoms with van der Waals surface area (Å²) in [6.07, 6.45) is 16.5. The highest BCUT2D eigenvalue weighted by atomic mass is 16.2. The molecule has 6 aromatic carbocycles. The van der Waals surface area contributed by atoms with Gasteiger partial charge >= 0.3 is 0 Å². The van der Waals surface area contributed by atoms with Crippen LogP contribution in [0.1, 0.15) is 77.4 Å². The Kier molecular flexibility index (Phi) is 18.6. The maximum Gasteiger partial charge on any atom is 0.251 e. The fourth-order valence-electron chi connectivity index (χ4n) is 14.1. The average Bonchev–Trinajstić information content (AvgIpc) is 1.71. The van der Waals surface area contributed by atoms with Crippen molar-refractivity contribution in [2.24, 2.45) is 0 Å². The molecular weight excluding hydrogens is 1320 g/mol. The summed E-state index contributed by atoms with van der Waals surface area (Å²) in [4.78, 5) is 84.2. The van der Waals surface area contributed by atoms with Crippen LogP contribution in [0.2, 0.25) is 0 Å². The molecule has 13 aromatic rings. The molecule has 1 unspecified atom stereocenters. The molecule has 9 N–H and O–H groups in total. The van der Waals surface area contributed by atoms with Gasteiger partial charge in [0.1, 0.15) is 0 Å². The first-order chi connectivity index (χ1) is 51.4. The molecule has 4 amide bonds. The van der Waals surface area contributed by atoms with Gasteiger partial charge < -0.3 is 57.3 Å². The van der Waals surface area contributed by atoms with Gasteiger partial charge in [-0.05, 0) is 205 Å². The van der Waals surface area contributed by atoms with Crippen LogP contribution in [0.4, 0.5) is 45.5 Å². The Morgan fingerprint density at radius 2 is 1.00 bits per heavy atom. The molecule has 23 heteroatoms. The van der Waals surface area contributed by atoms with Gasteiger partial charge in [-0.2, -0.15) is 0 Å². The molecule has 0 spiro atoms. The number of fused-ring (bicyclic) bond motifs is 5. The molecule has 23 nitrogen and oxygen atoms in total. The minimum absolute atomic E-state index is 0.0204. The molecule has 18 rings (SSSR count). The number of rotatable bonds is 17. The maximum atomic E-state index is 12.7. The van der Waals surface area contributed by atoms with Crippen LogP contribution < -0.4 is 57.9 Å². The molecule has 5 aliphatic rings. The van der Waals surface area contributed by atoms with Gasteiger partial charge in [-0.1, -0.05) is 24.3 Å². The summed E-state index contributed by atoms with van der Waals surface area (Å²) < 4.78 is 6.07. The molecule has 3 fully saturated rings. The lowest BCUT2D eigenvalue weighted by molar-refractivity contribution is 0.0934. The van der Waals surface area contributed by atoms with Crippen molar-refractivity contribution in [3.8, 4) is 33.8 Å². The second kappa shape index (κ2) is 29.2. The van der Waals surface area contributed by atoms with E-state index in [-0.39, 0.29) is 35.2 Å². The Morgan fingerprint density at radius 1 is 0.514 bits per heavy atom. The van der Waals surface area contributed by atoms with Gasteiger partial charge in [0.05, 0.1) is 34.1 Å². The van der Waals surface area contributed by atoms with Gasteiger partial charge in [0, 0.05) is 184 Å². The number of nitrogens with zero attached hydrogens (tertiary/aromatic N) is 9. The van der Waals surface area contributed by atoms with Crippen molar-refractivity contribution >= 4 is 86.1 Å². The molecule has 1 aliphatic carbocycles. The van der Waals surface area contributed by atoms with Gasteiger partial charge in [-0.3, -0.25) is 42.1 Å². The zero-order valence-corrected chi connectivity index (χ0v) is 58.1. The number of anilines is 8. The normalized spacial score (nSPS) is 15.2. The van der Waals surface area contributed by atoms with E-state index in [9.17, 15) is 24.0 Å². The third kappa shape index (κ3) is 14.5. The molecule has 2 saturated heterocycles. The van der Waals surface area contributed by atoms with Crippen LogP contribution in [0.5, 0.6) is 0 Å². The molecule has 0 bridgehead atoms. The zero-order valence-electron chi connectivity index (χ0n) is 58.1. The smallest absolute Gasteiger partial charge is 0.251 e. The van der Waals surface area contributed by atoms with E-state index in [0.717, 1.165) is 157 Å². The van der Waals surface area contributed by atoms with Crippen molar-refractivity contribution in [1.29, 1.82) is 0 Å². The fourth-order valence-corrected chi connectivity index (χ4v) is 14.1. The van der Waals surface area contributed by atoms with Gasteiger partial charge in [0.25, 0.3) is 23.6 Å². The number of amides is 4. The van der Waals surface area contributed by atoms with Crippen molar-refractivity contribution in [3.05, 3.63) is 275 Å². The van der Waals surface area contributed by atoms with Crippen molar-refractivity contribution in [2.75, 3.05) is 79.1 Å². The third-order valence-corrected chi connectivity index (χ3v) is 19.9. The van der Waals surface area contributed by atoms with Gasteiger partial charge in [0.2, 0.25) is 5.56 Å². The monoisotopic (exact) mass is 1390 g/mol. The number of hydrogen-bond donors (Lipinski definition) is 9. The average molecular weight is 1400 g/mol. The van der Waals surface area contributed by atoms with E-state index >= 15 is 0 Å². The molecule has 526 valence electrons. The van der Waals surface area contributed by atoms with E-state index in [0.29, 0.717) is 30.8 Å². The van der Waals surface area contributed by atoms with E-state index in [1.54, 1.807) is 30.9 Å². The van der Waals surface area contributed by atoms with Crippen LogP contribution in [-0.4, -0.2) is 127 Å². The highest BCUT2D eigenvalue weighted by Crippen LogP contribution is 2.35. The first-order valence-corrected chi connectivity index (χ1v) is 35.4. The van der Waals surface area contributed by atoms with Crippen LogP contribution in [0, 0.1) is 0 Å². The minimum Gasteiger partial charge on any atom is -0.378 e. The lowest BCUT2D eigenvalue weighted by Gasteiger charge is -2.36. The number of nitrogens with one attached hydrogen (secondary N) is 9. The van der Waals surface area contributed by atoms with Crippen molar-refractivity contribution < 1.29 is 19.2 Å². The second-order valence-corrected chi connectivity index (χ2v) is 27.0. The zero-order chi connectivity index (χ0) is 71.5. The van der Waals surface area contributed by atoms with Crippen molar-refractivity contribution in [2.45, 2.75) is 51.0 Å². The van der Waals surface area contributed by atoms with Crippen molar-refractivity contribution in [3.63, 3.8) is 0 Å². The summed E-state index contributed by atoms with van der Waals surface area (Å²) in [5.74, 6) is -0.216. The fraction of sp³-hybridized carbons (Fsp3) is 0.195. The number of pyridine rings is 4. The number of imidazole rings is 3. The number of carbonyl (C=O) groups excluding carboxylic acids is 4. The summed E-state index contributed by atoms with van der Waals surface area (Å²) in [6.45, 7) is 7.87. The topological polar surface area (TPSA) is 259 Å². The van der Waals surface area contributed by atoms with Crippen LogP contribution in [0.15, 0.2) is 230 Å². The summed E-state index contributed by atoms with van der Waals surface area (Å²) in [6, 6.07) is 60.1. The van der Waals surface area contributed by atoms with Gasteiger partial charge in [-0.15, -0.1) is 0 Å². The highest BCUT2D eigenvalue weighted by molar-refractivity contribution is 6.00. The van der Waals surface area contributed by atoms with Crippen molar-refractivity contribution in [1.82, 2.24) is 64.6 Å². The molecule has 7 aromatic heterocycles. The highest BCUT2D eigenvalue weighted by Gasteiger charge is 2.31. The lowest BCUT2D eigenvalue weighted by Crippen LogP contribution is -2.47. The number of carbonyl (C=O) groups is 4. The Morgan fingerprint density at radius 3 is 1.47 bits per heavy atom. The number of hydrogen-bond acceptors (Lipinski definition) is 15. The van der Waals surface area contributed by atoms with Crippen LogP contribution >= 0.6 is 0 Å². The summed E-state index contributed by atoms with van der Waals surface area (Å²) >= 11 is 0. The standard InChI is InChI=1S/C31H28N6O2.C26H24N6O2.C25H26N6O/c1-36(2)25-10-3-20(4-11-25)18-33-30(38)21-5-8-24(9-6-21)35-27-13-14-28(37-16-15-32-29(27)37)22-7-12-26-23(17-22)19-34-31(26)39;33-25(31-20-9-10-27-15-20)16-1-4-19(5-2-16)30-22-7-8-23(32-12-11-28-24(22)32)17-3-6-21-18(13-17)14-29-26(21)34;32-24-17-18(9-10-26-24)23-8-7-22(25-27-11-12-31(23)25)28-19-1-3-20(4-2-19)29-13-15-30(16-14-29)21-5-6-21/h3-17,35H,18-19H2,1-2H3,(H,33,38)(H,34,39);1-8,11-13,20,27,30H,9-10,14-15H2,(H,29,34)(H,31,33);1-4,7-12,17,21,28H,5-6,13-16H2,(H,26,32). The van der Waals surface area contributed by atoms with E-state index in [1.807, 2.05) is 190 Å². The second-order valence-electron chi connectivity index (χ2n) is 27.0. The molecule has 0 radical (unpaired) electrons. The number of piperazine rings is 1. The summed E-state index contributed by atoms with van der Waals surface area (Å²) in [7, 11) is 4.00. The number of aromatic amines is 1. The quantitative estimate of drug-likeness (QED) is 0.0411. The SMILES string of the molecule is CN(C)c1ccc(CNC(=O)c2ccc(Nc3ccc(-c4ccc5c(c4)CNC5=O)n4ccnc34)cc2)cc1.O=C(NC1CCNC1)c1ccc(Nc2ccc(-c3ccc4c(c3)CNC4=O)n3ccnc23)cc1.O=c1cc(-c2ccc(Nc3ccc(N4CCN(C5CC5)CC4)cc3)c3nccn23)cc[nH]1. The predicted molar refractivity (Wildman–Crippen MR) is 412 cm³/mol. The van der Waals surface area contributed by atoms with Gasteiger partial charge in [-0.25, -0.2) is 15.0 Å². The number of H-pyrrole nitrogens is 1. The van der Waals surface area contributed by atoms with Gasteiger partial charge in [0.15, 0.2) is 16.9 Å². The largest absolute Gasteiger partial charge is 0.378 e. The Hall–Kier alpha value is -12.9. The molecule has 105 heavy (non-hydrogen) atoms. The number of benzene rings is 6. The summed E-state index contributed by atoms with van der Waals surface area (Å²) in [5.41, 5.74) is 21.6. The Labute approximate surface area is 605 Å². The van der Waals surface area contributed by atoms with Crippen LogP contribution in [0.25, 0.3) is 50.7 Å². The predicted octanol–water partition coefficient (Wildman–Crippen LogP) is 11.8. The molecule has 1 saturated carbocycles. The molecule has 11 heterocycles. The van der Waals surface area contributed by atoms with Crippen LogP contribution in [-0.2, 0) is 19.6 Å². The van der Waals surface area contributed by atoms with E-state index in [1.165, 1.54) is 31.6 Å². The maximum absolute atomic E-state index is 12.7. The Bertz CT molecular complexity index is 5450. The lowest BCUT2D eigenvalue weighted by atomic mass is 10.0.